The summed E-state index contributed by atoms with van der Waals surface area (Å²) < 4.78 is 0. The summed E-state index contributed by atoms with van der Waals surface area (Å²) in [6.07, 6.45) is 0. The van der Waals surface area contributed by atoms with E-state index in [1.54, 1.807) is 12.1 Å². The minimum atomic E-state index is -1.15. The zero-order valence-electron chi connectivity index (χ0n) is 11.0. The molecule has 4 heteroatoms. The third-order valence-electron chi connectivity index (χ3n) is 3.34. The fourth-order valence-electron chi connectivity index (χ4n) is 2.31. The van der Waals surface area contributed by atoms with E-state index in [1.165, 1.54) is 6.07 Å². The molecular formula is C16H15NO3. The van der Waals surface area contributed by atoms with Crippen molar-refractivity contribution in [1.82, 2.24) is 0 Å². The minimum Gasteiger partial charge on any atom is -0.478 e. The average molecular weight is 269 g/mol. The van der Waals surface area contributed by atoms with Crippen molar-refractivity contribution in [2.24, 2.45) is 5.73 Å². The van der Waals surface area contributed by atoms with Crippen LogP contribution in [-0.4, -0.2) is 17.0 Å². The summed E-state index contributed by atoms with van der Waals surface area (Å²) in [5.41, 5.74) is 7.02. The number of aromatic carboxylic acids is 1. The molecule has 102 valence electrons. The number of hydrogen-bond donors (Lipinski definition) is 2. The Labute approximate surface area is 116 Å². The van der Waals surface area contributed by atoms with Gasteiger partial charge in [0.2, 0.25) is 5.91 Å². The van der Waals surface area contributed by atoms with Crippen molar-refractivity contribution in [3.05, 3.63) is 70.8 Å². The van der Waals surface area contributed by atoms with Gasteiger partial charge in [0, 0.05) is 5.92 Å². The van der Waals surface area contributed by atoms with Gasteiger partial charge in [-0.1, -0.05) is 49.4 Å². The average Bonchev–Trinajstić information content (AvgIpc) is 2.46. The second-order valence-electron chi connectivity index (χ2n) is 4.57. The highest BCUT2D eigenvalue weighted by atomic mass is 16.4. The van der Waals surface area contributed by atoms with Crippen LogP contribution in [0.3, 0.4) is 0 Å². The van der Waals surface area contributed by atoms with Crippen molar-refractivity contribution in [1.29, 1.82) is 0 Å². The van der Waals surface area contributed by atoms with E-state index < -0.39 is 11.9 Å². The Balaban J connectivity index is 2.60. The van der Waals surface area contributed by atoms with Gasteiger partial charge in [0.25, 0.3) is 0 Å². The van der Waals surface area contributed by atoms with Gasteiger partial charge in [-0.3, -0.25) is 4.79 Å². The van der Waals surface area contributed by atoms with E-state index in [2.05, 4.69) is 0 Å². The number of benzene rings is 2. The Morgan fingerprint density at radius 2 is 1.70 bits per heavy atom. The standard InChI is InChI=1S/C16H15NO3/c1-10(11-6-3-2-4-7-11)12-8-5-9-13(16(19)20)14(12)15(17)18/h2-10H,1H3,(H2,17,18)(H,19,20)/t10-/m0/s1. The number of nitrogens with two attached hydrogens (primary N) is 1. The van der Waals surface area contributed by atoms with Crippen molar-refractivity contribution < 1.29 is 14.7 Å². The first-order valence-corrected chi connectivity index (χ1v) is 6.23. The maximum atomic E-state index is 11.6. The zero-order chi connectivity index (χ0) is 14.7. The van der Waals surface area contributed by atoms with Crippen LogP contribution in [0.1, 0.15) is 44.7 Å². The summed E-state index contributed by atoms with van der Waals surface area (Å²) in [5.74, 6) is -1.99. The van der Waals surface area contributed by atoms with Gasteiger partial charge >= 0.3 is 5.97 Å². The Morgan fingerprint density at radius 3 is 2.25 bits per heavy atom. The SMILES string of the molecule is C[C@@H](c1ccccc1)c1cccc(C(=O)O)c1C(N)=O. The van der Waals surface area contributed by atoms with Gasteiger partial charge < -0.3 is 10.8 Å². The highest BCUT2D eigenvalue weighted by Crippen LogP contribution is 2.28. The predicted molar refractivity (Wildman–Crippen MR) is 75.9 cm³/mol. The van der Waals surface area contributed by atoms with Crippen LogP contribution in [0.5, 0.6) is 0 Å². The normalized spacial score (nSPS) is 11.8. The molecule has 1 amide bonds. The highest BCUT2D eigenvalue weighted by molar-refractivity contribution is 6.05. The summed E-state index contributed by atoms with van der Waals surface area (Å²) in [6, 6.07) is 14.3. The van der Waals surface area contributed by atoms with Crippen LogP contribution >= 0.6 is 0 Å². The number of carbonyl (C=O) groups excluding carboxylic acids is 1. The molecule has 4 nitrogen and oxygen atoms in total. The third-order valence-corrected chi connectivity index (χ3v) is 3.34. The lowest BCUT2D eigenvalue weighted by Gasteiger charge is -2.17. The van der Waals surface area contributed by atoms with Crippen molar-refractivity contribution in [3.63, 3.8) is 0 Å². The molecule has 0 aromatic heterocycles. The van der Waals surface area contributed by atoms with E-state index in [0.29, 0.717) is 5.56 Å². The number of carbonyl (C=O) groups is 2. The molecule has 0 bridgehead atoms. The summed E-state index contributed by atoms with van der Waals surface area (Å²) >= 11 is 0. The molecule has 0 saturated carbocycles. The maximum absolute atomic E-state index is 11.6. The van der Waals surface area contributed by atoms with Crippen molar-refractivity contribution in [2.45, 2.75) is 12.8 Å². The molecule has 0 aliphatic carbocycles. The third kappa shape index (κ3) is 2.54. The summed E-state index contributed by atoms with van der Waals surface area (Å²) in [6.45, 7) is 1.92. The predicted octanol–water partition coefficient (Wildman–Crippen LogP) is 2.64. The van der Waals surface area contributed by atoms with E-state index in [1.807, 2.05) is 37.3 Å². The van der Waals surface area contributed by atoms with Gasteiger partial charge in [0.15, 0.2) is 0 Å². The van der Waals surface area contributed by atoms with Crippen LogP contribution in [0.2, 0.25) is 0 Å². The molecule has 2 aromatic rings. The summed E-state index contributed by atoms with van der Waals surface area (Å²) in [5, 5.41) is 9.18. The molecule has 0 radical (unpaired) electrons. The van der Waals surface area contributed by atoms with Crippen molar-refractivity contribution in [2.75, 3.05) is 0 Å². The lowest BCUT2D eigenvalue weighted by atomic mass is 9.87. The van der Waals surface area contributed by atoms with Crippen LogP contribution in [0.4, 0.5) is 0 Å². The van der Waals surface area contributed by atoms with Crippen LogP contribution in [0.15, 0.2) is 48.5 Å². The van der Waals surface area contributed by atoms with E-state index >= 15 is 0 Å². The Kier molecular flexibility index (Phi) is 3.84. The number of carboxylic acids is 1. The second-order valence-corrected chi connectivity index (χ2v) is 4.57. The van der Waals surface area contributed by atoms with Crippen LogP contribution in [0, 0.1) is 0 Å². The molecule has 2 aromatic carbocycles. The molecule has 1 atom stereocenters. The number of primary amides is 1. The smallest absolute Gasteiger partial charge is 0.336 e. The Hall–Kier alpha value is -2.62. The molecule has 2 rings (SSSR count). The minimum absolute atomic E-state index is 0.0576. The van der Waals surface area contributed by atoms with Gasteiger partial charge in [0.1, 0.15) is 0 Å². The van der Waals surface area contributed by atoms with E-state index in [4.69, 9.17) is 5.73 Å². The summed E-state index contributed by atoms with van der Waals surface area (Å²) in [7, 11) is 0. The highest BCUT2D eigenvalue weighted by Gasteiger charge is 2.22. The molecule has 0 aliphatic heterocycles. The first-order valence-electron chi connectivity index (χ1n) is 6.23. The molecule has 0 unspecified atom stereocenters. The van der Waals surface area contributed by atoms with Gasteiger partial charge in [-0.2, -0.15) is 0 Å². The Morgan fingerprint density at radius 1 is 1.05 bits per heavy atom. The number of hydrogen-bond acceptors (Lipinski definition) is 2. The topological polar surface area (TPSA) is 80.4 Å². The van der Waals surface area contributed by atoms with Crippen molar-refractivity contribution in [3.8, 4) is 0 Å². The lowest BCUT2D eigenvalue weighted by molar-refractivity contribution is 0.0692. The molecule has 0 fully saturated rings. The van der Waals surface area contributed by atoms with Gasteiger partial charge in [-0.25, -0.2) is 4.79 Å². The maximum Gasteiger partial charge on any atom is 0.336 e. The lowest BCUT2D eigenvalue weighted by Crippen LogP contribution is -2.20. The molecule has 0 aliphatic rings. The van der Waals surface area contributed by atoms with E-state index in [9.17, 15) is 14.7 Å². The van der Waals surface area contributed by atoms with Gasteiger partial charge in [-0.05, 0) is 17.2 Å². The molecule has 3 N–H and O–H groups in total. The first-order chi connectivity index (χ1) is 9.52. The fourth-order valence-corrected chi connectivity index (χ4v) is 2.31. The largest absolute Gasteiger partial charge is 0.478 e. The monoisotopic (exact) mass is 269 g/mol. The van der Waals surface area contributed by atoms with Gasteiger partial charge in [0.05, 0.1) is 11.1 Å². The molecule has 0 heterocycles. The quantitative estimate of drug-likeness (QED) is 0.895. The number of amides is 1. The second kappa shape index (κ2) is 5.57. The van der Waals surface area contributed by atoms with E-state index in [-0.39, 0.29) is 17.0 Å². The Bertz CT molecular complexity index is 650. The molecule has 0 spiro atoms. The first kappa shape index (κ1) is 13.8. The van der Waals surface area contributed by atoms with Crippen molar-refractivity contribution >= 4 is 11.9 Å². The number of rotatable bonds is 4. The van der Waals surface area contributed by atoms with Crippen LogP contribution in [-0.2, 0) is 0 Å². The zero-order valence-corrected chi connectivity index (χ0v) is 11.0. The number of carboxylic acid groups (broad SMARTS) is 1. The fraction of sp³-hybridized carbons (Fsp3) is 0.125. The molecule has 20 heavy (non-hydrogen) atoms. The molecule has 0 saturated heterocycles. The summed E-state index contributed by atoms with van der Waals surface area (Å²) in [4.78, 5) is 22.9. The van der Waals surface area contributed by atoms with Crippen LogP contribution in [0.25, 0.3) is 0 Å². The molecular weight excluding hydrogens is 254 g/mol. The van der Waals surface area contributed by atoms with E-state index in [0.717, 1.165) is 5.56 Å². The van der Waals surface area contributed by atoms with Gasteiger partial charge in [-0.15, -0.1) is 0 Å². The van der Waals surface area contributed by atoms with Crippen LogP contribution < -0.4 is 5.73 Å².